The number of hydrogen-bond donors (Lipinski definition) is 0. The van der Waals surface area contributed by atoms with Gasteiger partial charge >= 0.3 is 0 Å². The Kier molecular flexibility index (Phi) is 3.22. The maximum Gasteiger partial charge on any atom is 0.137 e. The van der Waals surface area contributed by atoms with Crippen molar-refractivity contribution in [1.29, 1.82) is 0 Å². The van der Waals surface area contributed by atoms with E-state index in [0.29, 0.717) is 0 Å². The maximum absolute atomic E-state index is 4.69. The van der Waals surface area contributed by atoms with Crippen LogP contribution in [0, 0.1) is 6.92 Å². The fraction of sp³-hybridized carbons (Fsp3) is 0.192. The molecule has 1 spiro atoms. The Balaban J connectivity index is 1.64. The summed E-state index contributed by atoms with van der Waals surface area (Å²) in [5, 5.41) is 1.27. The van der Waals surface area contributed by atoms with Gasteiger partial charge in [-0.15, -0.1) is 0 Å². The van der Waals surface area contributed by atoms with Crippen LogP contribution >= 0.6 is 0 Å². The summed E-state index contributed by atoms with van der Waals surface area (Å²) in [7, 11) is 0. The Bertz CT molecular complexity index is 1240. The molecule has 1 saturated carbocycles. The zero-order valence-corrected chi connectivity index (χ0v) is 16.0. The van der Waals surface area contributed by atoms with Gasteiger partial charge in [-0.05, 0) is 66.8 Å². The van der Waals surface area contributed by atoms with Gasteiger partial charge in [0.25, 0.3) is 0 Å². The predicted molar refractivity (Wildman–Crippen MR) is 116 cm³/mol. The third kappa shape index (κ3) is 2.06. The minimum atomic E-state index is 0.169. The molecule has 0 N–H and O–H groups in total. The molecule has 28 heavy (non-hydrogen) atoms. The van der Waals surface area contributed by atoms with Crippen LogP contribution in [0.1, 0.15) is 41.6 Å². The summed E-state index contributed by atoms with van der Waals surface area (Å²) in [5.74, 6) is 0.987. The predicted octanol–water partition coefficient (Wildman–Crippen LogP) is 6.31. The average Bonchev–Trinajstić information content (AvgIpc) is 3.23. The summed E-state index contributed by atoms with van der Waals surface area (Å²) < 4.78 is 2.35. The average molecular weight is 362 g/mol. The fourth-order valence-electron chi connectivity index (χ4n) is 5.12. The van der Waals surface area contributed by atoms with Crippen LogP contribution in [-0.4, -0.2) is 9.55 Å². The largest absolute Gasteiger partial charge is 0.294 e. The monoisotopic (exact) mass is 362 g/mol. The molecule has 0 bridgehead atoms. The molecule has 0 unspecified atom stereocenters. The standard InChI is InChI=1S/C26H22N2/c1-18-10-11-19-16-22(26(12-6-13-26)21(19)15-18)24-17-20-7-2-3-8-23(20)28(24)25-9-4-5-14-27-25/h2-5,7-11,14-17H,6,12-13H2,1H3. The number of rotatable bonds is 2. The van der Waals surface area contributed by atoms with Crippen LogP contribution in [0.2, 0.25) is 0 Å². The van der Waals surface area contributed by atoms with E-state index < -0.39 is 0 Å². The number of nitrogens with zero attached hydrogens (tertiary/aromatic N) is 2. The lowest BCUT2D eigenvalue weighted by atomic mass is 9.61. The van der Waals surface area contributed by atoms with Crippen molar-refractivity contribution in [3.8, 4) is 5.82 Å². The molecule has 136 valence electrons. The third-order valence-corrected chi connectivity index (χ3v) is 6.61. The van der Waals surface area contributed by atoms with Crippen molar-refractivity contribution in [2.45, 2.75) is 31.6 Å². The van der Waals surface area contributed by atoms with E-state index in [9.17, 15) is 0 Å². The molecule has 0 radical (unpaired) electrons. The summed E-state index contributed by atoms with van der Waals surface area (Å²) in [6, 6.07) is 24.1. The number of fused-ring (bicyclic) bond motifs is 3. The quantitative estimate of drug-likeness (QED) is 0.408. The van der Waals surface area contributed by atoms with Gasteiger partial charge in [0.1, 0.15) is 5.82 Å². The highest BCUT2D eigenvalue weighted by Gasteiger charge is 2.47. The van der Waals surface area contributed by atoms with E-state index in [2.05, 4.69) is 78.2 Å². The molecule has 0 aliphatic heterocycles. The van der Waals surface area contributed by atoms with Crippen molar-refractivity contribution >= 4 is 22.6 Å². The molecule has 2 aromatic heterocycles. The van der Waals surface area contributed by atoms with Crippen LogP contribution in [0.15, 0.2) is 72.9 Å². The topological polar surface area (TPSA) is 17.8 Å². The van der Waals surface area contributed by atoms with E-state index in [1.807, 2.05) is 12.3 Å². The minimum Gasteiger partial charge on any atom is -0.294 e. The zero-order chi connectivity index (χ0) is 18.7. The molecule has 2 aromatic carbocycles. The van der Waals surface area contributed by atoms with Crippen LogP contribution in [-0.2, 0) is 5.41 Å². The molecule has 0 saturated heterocycles. The summed E-state index contributed by atoms with van der Waals surface area (Å²) in [4.78, 5) is 4.69. The van der Waals surface area contributed by atoms with E-state index >= 15 is 0 Å². The summed E-state index contributed by atoms with van der Waals surface area (Å²) in [5.41, 5.74) is 8.39. The highest BCUT2D eigenvalue weighted by Crippen LogP contribution is 2.58. The van der Waals surface area contributed by atoms with Crippen LogP contribution < -0.4 is 0 Å². The lowest BCUT2D eigenvalue weighted by Gasteiger charge is -2.42. The smallest absolute Gasteiger partial charge is 0.137 e. The lowest BCUT2D eigenvalue weighted by molar-refractivity contribution is 0.330. The second-order valence-electron chi connectivity index (χ2n) is 8.20. The highest BCUT2D eigenvalue weighted by atomic mass is 15.1. The summed E-state index contributed by atoms with van der Waals surface area (Å²) >= 11 is 0. The molecule has 0 atom stereocenters. The van der Waals surface area contributed by atoms with Crippen LogP contribution in [0.25, 0.3) is 28.4 Å². The lowest BCUT2D eigenvalue weighted by Crippen LogP contribution is -2.34. The van der Waals surface area contributed by atoms with E-state index in [0.717, 1.165) is 5.82 Å². The van der Waals surface area contributed by atoms with Crippen LogP contribution in [0.3, 0.4) is 0 Å². The number of para-hydroxylation sites is 1. The molecule has 2 heterocycles. The van der Waals surface area contributed by atoms with Crippen molar-refractivity contribution in [2.24, 2.45) is 0 Å². The van der Waals surface area contributed by atoms with E-state index in [-0.39, 0.29) is 5.41 Å². The molecule has 4 aromatic rings. The first kappa shape index (κ1) is 15.9. The molecule has 2 aliphatic rings. The van der Waals surface area contributed by atoms with Crippen molar-refractivity contribution in [3.05, 3.63) is 95.3 Å². The summed E-state index contributed by atoms with van der Waals surface area (Å²) in [6.45, 7) is 2.20. The van der Waals surface area contributed by atoms with Gasteiger partial charge in [-0.2, -0.15) is 0 Å². The van der Waals surface area contributed by atoms with E-state index in [4.69, 9.17) is 4.98 Å². The van der Waals surface area contributed by atoms with Gasteiger partial charge in [-0.1, -0.05) is 54.4 Å². The first-order chi connectivity index (χ1) is 13.8. The Morgan fingerprint density at radius 1 is 0.929 bits per heavy atom. The summed E-state index contributed by atoms with van der Waals surface area (Å²) in [6.07, 6.45) is 8.09. The van der Waals surface area contributed by atoms with Crippen molar-refractivity contribution < 1.29 is 0 Å². The number of benzene rings is 2. The molecule has 6 rings (SSSR count). The van der Waals surface area contributed by atoms with E-state index in [1.165, 1.54) is 58.1 Å². The molecular formula is C26H22N2. The molecule has 1 fully saturated rings. The van der Waals surface area contributed by atoms with Gasteiger partial charge < -0.3 is 0 Å². The Labute approximate surface area is 165 Å². The number of allylic oxidation sites excluding steroid dienone is 1. The first-order valence-electron chi connectivity index (χ1n) is 10.1. The molecule has 2 heteroatoms. The highest BCUT2D eigenvalue weighted by molar-refractivity contribution is 5.98. The number of hydrogen-bond acceptors (Lipinski definition) is 1. The van der Waals surface area contributed by atoms with Gasteiger partial charge in [-0.3, -0.25) is 4.57 Å². The second-order valence-corrected chi connectivity index (χ2v) is 8.20. The van der Waals surface area contributed by atoms with Gasteiger partial charge in [0, 0.05) is 17.0 Å². The molecule has 0 amide bonds. The normalized spacial score (nSPS) is 16.8. The number of aryl methyl sites for hydroxylation is 1. The van der Waals surface area contributed by atoms with Crippen LogP contribution in [0.5, 0.6) is 0 Å². The Morgan fingerprint density at radius 2 is 1.79 bits per heavy atom. The second kappa shape index (κ2) is 5.68. The minimum absolute atomic E-state index is 0.169. The van der Waals surface area contributed by atoms with Gasteiger partial charge in [0.05, 0.1) is 11.2 Å². The Morgan fingerprint density at radius 3 is 2.57 bits per heavy atom. The molecule has 2 nitrogen and oxygen atoms in total. The Hall–Kier alpha value is -3.13. The van der Waals surface area contributed by atoms with Crippen LogP contribution in [0.4, 0.5) is 0 Å². The van der Waals surface area contributed by atoms with Crippen molar-refractivity contribution in [2.75, 3.05) is 0 Å². The molecular weight excluding hydrogens is 340 g/mol. The third-order valence-electron chi connectivity index (χ3n) is 6.61. The fourth-order valence-corrected chi connectivity index (χ4v) is 5.12. The van der Waals surface area contributed by atoms with Gasteiger partial charge in [-0.25, -0.2) is 4.98 Å². The number of pyridine rings is 1. The first-order valence-corrected chi connectivity index (χ1v) is 10.1. The van der Waals surface area contributed by atoms with Crippen molar-refractivity contribution in [1.82, 2.24) is 9.55 Å². The maximum atomic E-state index is 4.69. The SMILES string of the molecule is Cc1ccc2c(c1)C1(CCC1)C(c1cc3ccccc3n1-c1ccccn1)=C2. The van der Waals surface area contributed by atoms with Gasteiger partial charge in [0.15, 0.2) is 0 Å². The van der Waals surface area contributed by atoms with Gasteiger partial charge in [0.2, 0.25) is 0 Å². The van der Waals surface area contributed by atoms with E-state index in [1.54, 1.807) is 0 Å². The van der Waals surface area contributed by atoms with Crippen molar-refractivity contribution in [3.63, 3.8) is 0 Å². The zero-order valence-electron chi connectivity index (χ0n) is 16.0. The number of aromatic nitrogens is 2. The molecule has 2 aliphatic carbocycles.